The number of rotatable bonds is 4. The van der Waals surface area contributed by atoms with Gasteiger partial charge in [0.15, 0.2) is 5.65 Å². The van der Waals surface area contributed by atoms with Crippen molar-refractivity contribution in [3.8, 4) is 17.1 Å². The molecule has 0 aliphatic rings. The molecule has 0 unspecified atom stereocenters. The Morgan fingerprint density at radius 3 is 2.76 bits per heavy atom. The minimum atomic E-state index is 0.487. The molecule has 3 aromatic heterocycles. The van der Waals surface area contributed by atoms with Crippen LogP contribution in [0.5, 0.6) is 5.75 Å². The molecule has 5 heteroatoms. The van der Waals surface area contributed by atoms with Crippen molar-refractivity contribution in [3.63, 3.8) is 0 Å². The average Bonchev–Trinajstić information content (AvgIpc) is 2.97. The molecule has 0 atom stereocenters. The van der Waals surface area contributed by atoms with Gasteiger partial charge in [0, 0.05) is 19.4 Å². The Morgan fingerprint density at radius 1 is 1.08 bits per heavy atom. The Balaban J connectivity index is 1.72. The molecule has 0 bridgehead atoms. The van der Waals surface area contributed by atoms with Gasteiger partial charge in [-0.3, -0.25) is 4.98 Å². The van der Waals surface area contributed by atoms with Crippen molar-refractivity contribution >= 4 is 11.2 Å². The van der Waals surface area contributed by atoms with Crippen molar-refractivity contribution in [2.24, 2.45) is 7.05 Å². The van der Waals surface area contributed by atoms with Crippen LogP contribution in [-0.4, -0.2) is 19.5 Å². The Bertz CT molecular complexity index is 1020. The molecule has 0 aliphatic carbocycles. The number of hydrogen-bond donors (Lipinski definition) is 0. The molecule has 0 saturated carbocycles. The summed E-state index contributed by atoms with van der Waals surface area (Å²) in [7, 11) is 1.97. The van der Waals surface area contributed by atoms with Crippen LogP contribution in [0.2, 0.25) is 0 Å². The summed E-state index contributed by atoms with van der Waals surface area (Å²) in [4.78, 5) is 13.4. The molecule has 4 rings (SSSR count). The zero-order valence-electron chi connectivity index (χ0n) is 14.2. The first kappa shape index (κ1) is 15.3. The van der Waals surface area contributed by atoms with E-state index in [1.807, 2.05) is 67.2 Å². The fourth-order valence-corrected chi connectivity index (χ4v) is 2.83. The van der Waals surface area contributed by atoms with Crippen LogP contribution < -0.4 is 4.74 Å². The largest absolute Gasteiger partial charge is 0.487 e. The number of hydrogen-bond acceptors (Lipinski definition) is 4. The summed E-state index contributed by atoms with van der Waals surface area (Å²) in [6.07, 6.45) is 5.34. The van der Waals surface area contributed by atoms with Gasteiger partial charge in [-0.05, 0) is 30.2 Å². The predicted octanol–water partition coefficient (Wildman–Crippen LogP) is 3.92. The maximum Gasteiger partial charge on any atom is 0.160 e. The zero-order chi connectivity index (χ0) is 17.2. The molecule has 0 radical (unpaired) electrons. The minimum Gasteiger partial charge on any atom is -0.487 e. The van der Waals surface area contributed by atoms with Gasteiger partial charge in [0.2, 0.25) is 0 Å². The van der Waals surface area contributed by atoms with Crippen molar-refractivity contribution in [1.29, 1.82) is 0 Å². The van der Waals surface area contributed by atoms with Gasteiger partial charge in [0.25, 0.3) is 0 Å². The number of ether oxygens (including phenoxy) is 1. The summed E-state index contributed by atoms with van der Waals surface area (Å²) in [6.45, 7) is 2.50. The lowest BCUT2D eigenvalue weighted by Crippen LogP contribution is -2.00. The Hall–Kier alpha value is -3.21. The van der Waals surface area contributed by atoms with E-state index in [1.165, 1.54) is 0 Å². The highest BCUT2D eigenvalue weighted by Gasteiger charge is 2.15. The van der Waals surface area contributed by atoms with E-state index in [9.17, 15) is 0 Å². The molecule has 0 N–H and O–H groups in total. The second-order valence-electron chi connectivity index (χ2n) is 6.00. The number of benzene rings is 1. The van der Waals surface area contributed by atoms with E-state index in [-0.39, 0.29) is 0 Å². The maximum atomic E-state index is 6.02. The van der Waals surface area contributed by atoms with Crippen LogP contribution in [-0.2, 0) is 13.7 Å². The van der Waals surface area contributed by atoms with Crippen LogP contribution >= 0.6 is 0 Å². The van der Waals surface area contributed by atoms with Crippen LogP contribution in [0, 0.1) is 6.92 Å². The molecule has 0 spiro atoms. The Morgan fingerprint density at radius 2 is 1.92 bits per heavy atom. The molecule has 0 amide bonds. The quantitative estimate of drug-likeness (QED) is 0.569. The number of nitrogens with zero attached hydrogens (tertiary/aromatic N) is 4. The van der Waals surface area contributed by atoms with E-state index >= 15 is 0 Å². The van der Waals surface area contributed by atoms with E-state index in [0.717, 1.165) is 33.7 Å². The molecule has 124 valence electrons. The Labute approximate surface area is 146 Å². The lowest BCUT2D eigenvalue weighted by atomic mass is 10.2. The highest BCUT2D eigenvalue weighted by molar-refractivity contribution is 5.79. The maximum absolute atomic E-state index is 6.02. The monoisotopic (exact) mass is 330 g/mol. The SMILES string of the molecule is Cc1cnc2c(c1)nc(-c1ccncc1OCc1ccccc1)n2C. The molecule has 3 heterocycles. The van der Waals surface area contributed by atoms with E-state index in [4.69, 9.17) is 9.72 Å². The molecule has 1 aromatic carbocycles. The number of fused-ring (bicyclic) bond motifs is 1. The first-order valence-corrected chi connectivity index (χ1v) is 8.12. The third-order valence-corrected chi connectivity index (χ3v) is 4.11. The van der Waals surface area contributed by atoms with Crippen LogP contribution in [0.4, 0.5) is 0 Å². The fraction of sp³-hybridized carbons (Fsp3) is 0.150. The van der Waals surface area contributed by atoms with Gasteiger partial charge < -0.3 is 9.30 Å². The molecular formula is C20H18N4O. The first-order chi connectivity index (χ1) is 12.2. The summed E-state index contributed by atoms with van der Waals surface area (Å²) in [5.74, 6) is 1.53. The van der Waals surface area contributed by atoms with E-state index in [1.54, 1.807) is 12.4 Å². The van der Waals surface area contributed by atoms with Gasteiger partial charge in [-0.2, -0.15) is 0 Å². The third-order valence-electron chi connectivity index (χ3n) is 4.11. The van der Waals surface area contributed by atoms with Gasteiger partial charge >= 0.3 is 0 Å². The van der Waals surface area contributed by atoms with Crippen molar-refractivity contribution in [2.45, 2.75) is 13.5 Å². The van der Waals surface area contributed by atoms with Crippen LogP contribution in [0.3, 0.4) is 0 Å². The van der Waals surface area contributed by atoms with Crippen molar-refractivity contribution in [3.05, 3.63) is 72.2 Å². The summed E-state index contributed by atoms with van der Waals surface area (Å²) in [6, 6.07) is 14.0. The first-order valence-electron chi connectivity index (χ1n) is 8.12. The van der Waals surface area contributed by atoms with Gasteiger partial charge in [0.1, 0.15) is 23.7 Å². The normalized spacial score (nSPS) is 11.0. The molecule has 0 aliphatic heterocycles. The number of aromatic nitrogens is 4. The van der Waals surface area contributed by atoms with E-state index in [0.29, 0.717) is 12.4 Å². The lowest BCUT2D eigenvalue weighted by Gasteiger charge is -2.11. The molecule has 0 saturated heterocycles. The zero-order valence-corrected chi connectivity index (χ0v) is 14.2. The summed E-state index contributed by atoms with van der Waals surface area (Å²) in [5, 5.41) is 0. The van der Waals surface area contributed by atoms with Gasteiger partial charge in [-0.25, -0.2) is 9.97 Å². The third kappa shape index (κ3) is 2.96. The van der Waals surface area contributed by atoms with E-state index < -0.39 is 0 Å². The molecule has 25 heavy (non-hydrogen) atoms. The second-order valence-corrected chi connectivity index (χ2v) is 6.00. The number of pyridine rings is 2. The summed E-state index contributed by atoms with van der Waals surface area (Å²) < 4.78 is 8.00. The topological polar surface area (TPSA) is 52.8 Å². The molecular weight excluding hydrogens is 312 g/mol. The number of aryl methyl sites for hydroxylation is 2. The van der Waals surface area contributed by atoms with Crippen LogP contribution in [0.1, 0.15) is 11.1 Å². The molecule has 0 fully saturated rings. The Kier molecular flexibility index (Phi) is 3.90. The van der Waals surface area contributed by atoms with Gasteiger partial charge in [-0.15, -0.1) is 0 Å². The molecule has 5 nitrogen and oxygen atoms in total. The fourth-order valence-electron chi connectivity index (χ4n) is 2.83. The average molecular weight is 330 g/mol. The second kappa shape index (κ2) is 6.36. The standard InChI is InChI=1S/C20H18N4O/c1-14-10-17-20(22-11-14)24(2)19(23-17)16-8-9-21-12-18(16)25-13-15-6-4-3-5-7-15/h3-12H,13H2,1-2H3. The van der Waals surface area contributed by atoms with Crippen molar-refractivity contribution < 1.29 is 4.74 Å². The summed E-state index contributed by atoms with van der Waals surface area (Å²) in [5.41, 5.74) is 4.84. The van der Waals surface area contributed by atoms with Gasteiger partial charge in [-0.1, -0.05) is 30.3 Å². The predicted molar refractivity (Wildman–Crippen MR) is 97.3 cm³/mol. The highest BCUT2D eigenvalue weighted by Crippen LogP contribution is 2.30. The minimum absolute atomic E-state index is 0.487. The van der Waals surface area contributed by atoms with Crippen molar-refractivity contribution in [2.75, 3.05) is 0 Å². The van der Waals surface area contributed by atoms with E-state index in [2.05, 4.69) is 9.97 Å². The van der Waals surface area contributed by atoms with Crippen LogP contribution in [0.25, 0.3) is 22.6 Å². The van der Waals surface area contributed by atoms with Crippen molar-refractivity contribution in [1.82, 2.24) is 19.5 Å². The van der Waals surface area contributed by atoms with Gasteiger partial charge in [0.05, 0.1) is 11.8 Å². The van der Waals surface area contributed by atoms with Crippen LogP contribution in [0.15, 0.2) is 61.1 Å². The summed E-state index contributed by atoms with van der Waals surface area (Å²) >= 11 is 0. The number of imidazole rings is 1. The molecule has 4 aromatic rings. The smallest absolute Gasteiger partial charge is 0.160 e. The highest BCUT2D eigenvalue weighted by atomic mass is 16.5. The lowest BCUT2D eigenvalue weighted by molar-refractivity contribution is 0.306.